The van der Waals surface area contributed by atoms with Crippen LogP contribution >= 0.6 is 0 Å². The van der Waals surface area contributed by atoms with E-state index in [0.717, 1.165) is 31.6 Å². The fourth-order valence-corrected chi connectivity index (χ4v) is 2.17. The number of rotatable bonds is 9. The van der Waals surface area contributed by atoms with Crippen LogP contribution in [0.4, 0.5) is 0 Å². The van der Waals surface area contributed by atoms with E-state index in [9.17, 15) is 0 Å². The highest BCUT2D eigenvalue weighted by Gasteiger charge is 2.08. The number of hydrogen-bond acceptors (Lipinski definition) is 3. The summed E-state index contributed by atoms with van der Waals surface area (Å²) >= 11 is 0. The first-order chi connectivity index (χ1) is 9.06. The topological polar surface area (TPSA) is 33.1 Å². The third-order valence-corrected chi connectivity index (χ3v) is 3.62. The van der Waals surface area contributed by atoms with E-state index in [1.165, 1.54) is 6.42 Å². The lowest BCUT2D eigenvalue weighted by Crippen LogP contribution is -2.29. The van der Waals surface area contributed by atoms with Crippen LogP contribution in [0.25, 0.3) is 0 Å². The van der Waals surface area contributed by atoms with Crippen LogP contribution in [0, 0.1) is 0 Å². The van der Waals surface area contributed by atoms with Gasteiger partial charge in [0.1, 0.15) is 0 Å². The van der Waals surface area contributed by atoms with Crippen LogP contribution in [0.2, 0.25) is 0 Å². The standard InChI is InChI=1S/C15H30N4/c1-6-15(7-2)19-11-9-14(17-19)12-16-13(3)8-10-18(4)5/h9,11,13,15-16H,6-8,10,12H2,1-5H3. The van der Waals surface area contributed by atoms with Gasteiger partial charge in [0.05, 0.1) is 11.7 Å². The molecule has 1 rings (SSSR count). The minimum Gasteiger partial charge on any atom is -0.309 e. The molecule has 0 radical (unpaired) electrons. The van der Waals surface area contributed by atoms with Crippen molar-refractivity contribution in [3.63, 3.8) is 0 Å². The molecule has 1 unspecified atom stereocenters. The number of nitrogens with one attached hydrogen (secondary N) is 1. The summed E-state index contributed by atoms with van der Waals surface area (Å²) in [6, 6.07) is 3.20. The van der Waals surface area contributed by atoms with E-state index in [1.807, 2.05) is 0 Å². The van der Waals surface area contributed by atoms with Crippen LogP contribution in [0.15, 0.2) is 12.3 Å². The first-order valence-electron chi connectivity index (χ1n) is 7.48. The molecule has 1 aromatic rings. The predicted molar refractivity (Wildman–Crippen MR) is 81.3 cm³/mol. The molecular formula is C15H30N4. The van der Waals surface area contributed by atoms with Crippen molar-refractivity contribution in [3.8, 4) is 0 Å². The van der Waals surface area contributed by atoms with Gasteiger partial charge >= 0.3 is 0 Å². The van der Waals surface area contributed by atoms with Crippen LogP contribution in [0.5, 0.6) is 0 Å². The molecule has 1 heterocycles. The molecule has 19 heavy (non-hydrogen) atoms. The smallest absolute Gasteiger partial charge is 0.0762 e. The minimum atomic E-state index is 0.528. The summed E-state index contributed by atoms with van der Waals surface area (Å²) < 4.78 is 2.11. The molecule has 0 aliphatic rings. The lowest BCUT2D eigenvalue weighted by atomic mass is 10.2. The summed E-state index contributed by atoms with van der Waals surface area (Å²) in [5, 5.41) is 8.20. The molecule has 1 N–H and O–H groups in total. The minimum absolute atomic E-state index is 0.528. The Hall–Kier alpha value is -0.870. The summed E-state index contributed by atoms with van der Waals surface area (Å²) in [6.45, 7) is 8.66. The fraction of sp³-hybridized carbons (Fsp3) is 0.800. The molecule has 0 aliphatic heterocycles. The highest BCUT2D eigenvalue weighted by atomic mass is 15.3. The van der Waals surface area contributed by atoms with Crippen molar-refractivity contribution < 1.29 is 0 Å². The molecule has 110 valence electrons. The van der Waals surface area contributed by atoms with E-state index in [-0.39, 0.29) is 0 Å². The Labute approximate surface area is 118 Å². The summed E-state index contributed by atoms with van der Waals surface area (Å²) in [4.78, 5) is 2.22. The van der Waals surface area contributed by atoms with Crippen LogP contribution in [-0.2, 0) is 6.54 Å². The van der Waals surface area contributed by atoms with Crippen LogP contribution in [0.1, 0.15) is 51.8 Å². The Morgan fingerprint density at radius 2 is 2.00 bits per heavy atom. The fourth-order valence-electron chi connectivity index (χ4n) is 2.17. The molecule has 4 nitrogen and oxygen atoms in total. The second-order valence-corrected chi connectivity index (χ2v) is 5.63. The molecule has 0 aromatic carbocycles. The average molecular weight is 266 g/mol. The van der Waals surface area contributed by atoms with Crippen molar-refractivity contribution in [2.75, 3.05) is 20.6 Å². The summed E-state index contributed by atoms with van der Waals surface area (Å²) in [7, 11) is 4.23. The van der Waals surface area contributed by atoms with Gasteiger partial charge in [-0.15, -0.1) is 0 Å². The third kappa shape index (κ3) is 5.74. The van der Waals surface area contributed by atoms with Crippen LogP contribution < -0.4 is 5.32 Å². The Kier molecular flexibility index (Phi) is 7.10. The SMILES string of the molecule is CCC(CC)n1ccc(CNC(C)CCN(C)C)n1. The molecule has 1 aromatic heterocycles. The molecule has 1 atom stereocenters. The molecule has 0 spiro atoms. The lowest BCUT2D eigenvalue weighted by molar-refractivity contribution is 0.364. The first-order valence-corrected chi connectivity index (χ1v) is 7.48. The van der Waals surface area contributed by atoms with Crippen molar-refractivity contribution in [1.29, 1.82) is 0 Å². The molecule has 0 fully saturated rings. The van der Waals surface area contributed by atoms with Crippen molar-refractivity contribution in [3.05, 3.63) is 18.0 Å². The van der Waals surface area contributed by atoms with Crippen LogP contribution in [0.3, 0.4) is 0 Å². The maximum absolute atomic E-state index is 4.66. The largest absolute Gasteiger partial charge is 0.309 e. The highest BCUT2D eigenvalue weighted by Crippen LogP contribution is 2.14. The molecular weight excluding hydrogens is 236 g/mol. The van der Waals surface area contributed by atoms with Gasteiger partial charge in [0.25, 0.3) is 0 Å². The second kappa shape index (κ2) is 8.33. The summed E-state index contributed by atoms with van der Waals surface area (Å²) in [5.74, 6) is 0. The van der Waals surface area contributed by atoms with E-state index < -0.39 is 0 Å². The van der Waals surface area contributed by atoms with E-state index in [2.05, 4.69) is 67.1 Å². The van der Waals surface area contributed by atoms with Gasteiger partial charge in [-0.1, -0.05) is 13.8 Å². The number of aromatic nitrogens is 2. The van der Waals surface area contributed by atoms with Crippen LogP contribution in [-0.4, -0.2) is 41.4 Å². The van der Waals surface area contributed by atoms with Gasteiger partial charge in [-0.05, 0) is 52.9 Å². The Balaban J connectivity index is 2.37. The molecule has 0 aliphatic carbocycles. The van der Waals surface area contributed by atoms with Gasteiger partial charge in [-0.2, -0.15) is 5.10 Å². The monoisotopic (exact) mass is 266 g/mol. The van der Waals surface area contributed by atoms with Gasteiger partial charge in [0, 0.05) is 18.8 Å². The van der Waals surface area contributed by atoms with Crippen molar-refractivity contribution in [2.24, 2.45) is 0 Å². The normalized spacial score (nSPS) is 13.4. The van der Waals surface area contributed by atoms with Gasteiger partial charge < -0.3 is 10.2 Å². The van der Waals surface area contributed by atoms with Crippen molar-refractivity contribution >= 4 is 0 Å². The van der Waals surface area contributed by atoms with Crippen molar-refractivity contribution in [2.45, 2.75) is 58.7 Å². The quantitative estimate of drug-likeness (QED) is 0.746. The van der Waals surface area contributed by atoms with Gasteiger partial charge in [0.2, 0.25) is 0 Å². The Morgan fingerprint density at radius 1 is 1.32 bits per heavy atom. The number of nitrogens with zero attached hydrogens (tertiary/aromatic N) is 3. The average Bonchev–Trinajstić information content (AvgIpc) is 2.84. The molecule has 0 amide bonds. The van der Waals surface area contributed by atoms with E-state index in [1.54, 1.807) is 0 Å². The molecule has 0 saturated carbocycles. The zero-order valence-electron chi connectivity index (χ0n) is 13.2. The van der Waals surface area contributed by atoms with Gasteiger partial charge in [0.15, 0.2) is 0 Å². The van der Waals surface area contributed by atoms with E-state index >= 15 is 0 Å². The highest BCUT2D eigenvalue weighted by molar-refractivity contribution is 4.99. The molecule has 0 bridgehead atoms. The van der Waals surface area contributed by atoms with E-state index in [4.69, 9.17) is 0 Å². The second-order valence-electron chi connectivity index (χ2n) is 5.63. The third-order valence-electron chi connectivity index (χ3n) is 3.62. The predicted octanol–water partition coefficient (Wildman–Crippen LogP) is 2.67. The molecule has 4 heteroatoms. The lowest BCUT2D eigenvalue weighted by Gasteiger charge is -2.16. The van der Waals surface area contributed by atoms with E-state index in [0.29, 0.717) is 12.1 Å². The number of hydrogen-bond donors (Lipinski definition) is 1. The van der Waals surface area contributed by atoms with Gasteiger partial charge in [-0.25, -0.2) is 0 Å². The summed E-state index contributed by atoms with van der Waals surface area (Å²) in [5.41, 5.74) is 1.14. The zero-order valence-corrected chi connectivity index (χ0v) is 13.2. The summed E-state index contributed by atoms with van der Waals surface area (Å²) in [6.07, 6.45) is 5.56. The molecule has 0 saturated heterocycles. The first kappa shape index (κ1) is 16.2. The Morgan fingerprint density at radius 3 is 2.58 bits per heavy atom. The Bertz CT molecular complexity index is 342. The maximum atomic E-state index is 4.66. The maximum Gasteiger partial charge on any atom is 0.0762 e. The van der Waals surface area contributed by atoms with Crippen molar-refractivity contribution in [1.82, 2.24) is 20.0 Å². The zero-order chi connectivity index (χ0) is 14.3. The van der Waals surface area contributed by atoms with Gasteiger partial charge in [-0.3, -0.25) is 4.68 Å².